The lowest BCUT2D eigenvalue weighted by atomic mass is 10.0. The van der Waals surface area contributed by atoms with E-state index in [0.717, 1.165) is 21.3 Å². The van der Waals surface area contributed by atoms with E-state index in [0.29, 0.717) is 40.5 Å². The lowest BCUT2D eigenvalue weighted by Gasteiger charge is -2.21. The van der Waals surface area contributed by atoms with Crippen LogP contribution in [-0.4, -0.2) is 32.3 Å². The van der Waals surface area contributed by atoms with Gasteiger partial charge in [-0.25, -0.2) is 0 Å². The molecule has 192 valence electrons. The maximum absolute atomic E-state index is 13.0. The molecule has 1 aromatic heterocycles. The Morgan fingerprint density at radius 1 is 1.14 bits per heavy atom. The molecule has 2 N–H and O–H groups in total. The molecule has 0 saturated heterocycles. The number of nitrogens with zero attached hydrogens (tertiary/aromatic N) is 3. The molecule has 0 aliphatic carbocycles. The summed E-state index contributed by atoms with van der Waals surface area (Å²) in [7, 11) is 0. The van der Waals surface area contributed by atoms with Gasteiger partial charge < -0.3 is 15.2 Å². The number of carbonyl (C=O) groups is 2. The molecule has 1 atom stereocenters. The molecule has 3 rings (SSSR count). The summed E-state index contributed by atoms with van der Waals surface area (Å²) in [5, 5.41) is 15.9. The van der Waals surface area contributed by atoms with E-state index in [-0.39, 0.29) is 23.6 Å². The van der Waals surface area contributed by atoms with E-state index in [1.54, 1.807) is 24.3 Å². The van der Waals surface area contributed by atoms with Gasteiger partial charge in [-0.15, -0.1) is 10.2 Å². The third-order valence-electron chi connectivity index (χ3n) is 5.60. The van der Waals surface area contributed by atoms with Crippen molar-refractivity contribution in [2.24, 2.45) is 5.92 Å². The van der Waals surface area contributed by atoms with Crippen LogP contribution in [0.5, 0.6) is 0 Å². The molecule has 0 fully saturated rings. The second-order valence-electron chi connectivity index (χ2n) is 8.97. The van der Waals surface area contributed by atoms with Crippen LogP contribution in [0.3, 0.4) is 0 Å². The number of amides is 2. The van der Waals surface area contributed by atoms with Crippen molar-refractivity contribution >= 4 is 56.8 Å². The van der Waals surface area contributed by atoms with Gasteiger partial charge >= 0.3 is 0 Å². The number of aromatic nitrogens is 3. The maximum Gasteiger partial charge on any atom is 0.253 e. The topological polar surface area (TPSA) is 88.9 Å². The zero-order valence-electron chi connectivity index (χ0n) is 21.1. The summed E-state index contributed by atoms with van der Waals surface area (Å²) in [6.07, 6.45) is 0.682. The van der Waals surface area contributed by atoms with E-state index in [1.807, 2.05) is 37.5 Å². The van der Waals surface area contributed by atoms with E-state index in [9.17, 15) is 9.59 Å². The fourth-order valence-electron chi connectivity index (χ4n) is 3.96. The second-order valence-corrected chi connectivity index (χ2v) is 11.2. The lowest BCUT2D eigenvalue weighted by Crippen LogP contribution is -2.31. The van der Waals surface area contributed by atoms with Crippen LogP contribution in [0.2, 0.25) is 5.02 Å². The lowest BCUT2D eigenvalue weighted by molar-refractivity contribution is -0.113. The first-order valence-corrected chi connectivity index (χ1v) is 13.9. The number of benzene rings is 2. The maximum atomic E-state index is 13.0. The van der Waals surface area contributed by atoms with Crippen molar-refractivity contribution in [1.29, 1.82) is 0 Å². The minimum absolute atomic E-state index is 0.119. The molecule has 0 saturated carbocycles. The largest absolute Gasteiger partial charge is 0.342 e. The van der Waals surface area contributed by atoms with Crippen molar-refractivity contribution in [3.63, 3.8) is 0 Å². The van der Waals surface area contributed by atoms with Gasteiger partial charge in [-0.2, -0.15) is 0 Å². The number of anilines is 1. The molecule has 0 unspecified atom stereocenters. The first kappa shape index (κ1) is 28.2. The Bertz CT molecular complexity index is 1220. The number of carbonyl (C=O) groups excluding carboxylic acids is 2. The van der Waals surface area contributed by atoms with Crippen LogP contribution in [0.4, 0.5) is 5.69 Å². The first-order chi connectivity index (χ1) is 17.1. The van der Waals surface area contributed by atoms with Gasteiger partial charge in [0.25, 0.3) is 5.91 Å². The van der Waals surface area contributed by atoms with Crippen LogP contribution in [0.1, 0.15) is 60.5 Å². The van der Waals surface area contributed by atoms with Crippen LogP contribution >= 0.6 is 39.3 Å². The van der Waals surface area contributed by atoms with Crippen LogP contribution in [0.25, 0.3) is 0 Å². The second kappa shape index (κ2) is 12.7. The number of hydrogen-bond donors (Lipinski definition) is 2. The van der Waals surface area contributed by atoms with E-state index in [1.165, 1.54) is 11.8 Å². The minimum Gasteiger partial charge on any atom is -0.342 e. The monoisotopic (exact) mass is 591 g/mol. The number of nitrogens with one attached hydrogen (secondary N) is 2. The van der Waals surface area contributed by atoms with E-state index in [2.05, 4.69) is 50.6 Å². The summed E-state index contributed by atoms with van der Waals surface area (Å²) in [6.45, 7) is 10.7. The van der Waals surface area contributed by atoms with Crippen LogP contribution < -0.4 is 10.6 Å². The quantitative estimate of drug-likeness (QED) is 0.260. The molecule has 7 nitrogen and oxygen atoms in total. The molecule has 0 spiro atoms. The highest BCUT2D eigenvalue weighted by Gasteiger charge is 2.25. The molecule has 3 aromatic rings. The average molecular weight is 593 g/mol. The number of rotatable bonds is 10. The Morgan fingerprint density at radius 3 is 2.42 bits per heavy atom. The standard InChI is InChI=1S/C26H31BrClN5O2S/c1-6-33-24(21(11-15(2)3)29-25(35)19-9-7-8-10-20(19)28)31-32-26(33)36-14-22(34)30-23-16(4)12-18(27)13-17(23)5/h7-10,12-13,15,21H,6,11,14H2,1-5H3,(H,29,35)(H,30,34)/t21-/m1/s1. The summed E-state index contributed by atoms with van der Waals surface area (Å²) < 4.78 is 2.93. The molecule has 1 heterocycles. The summed E-state index contributed by atoms with van der Waals surface area (Å²) in [5.74, 6) is 0.780. The van der Waals surface area contributed by atoms with Gasteiger partial charge in [0, 0.05) is 16.7 Å². The highest BCUT2D eigenvalue weighted by atomic mass is 79.9. The van der Waals surface area contributed by atoms with E-state index < -0.39 is 0 Å². The molecule has 0 aliphatic rings. The Balaban J connectivity index is 1.75. The highest BCUT2D eigenvalue weighted by Crippen LogP contribution is 2.28. The van der Waals surface area contributed by atoms with Crippen molar-refractivity contribution in [3.05, 3.63) is 68.4 Å². The third kappa shape index (κ3) is 7.11. The number of aryl methyl sites for hydroxylation is 2. The number of halogens is 2. The van der Waals surface area contributed by atoms with Crippen molar-refractivity contribution in [2.75, 3.05) is 11.1 Å². The van der Waals surface area contributed by atoms with E-state index >= 15 is 0 Å². The molecule has 0 radical (unpaired) electrons. The molecule has 2 aromatic carbocycles. The van der Waals surface area contributed by atoms with E-state index in [4.69, 9.17) is 11.6 Å². The fraction of sp³-hybridized carbons (Fsp3) is 0.385. The summed E-state index contributed by atoms with van der Waals surface area (Å²) >= 11 is 11.0. The van der Waals surface area contributed by atoms with Crippen molar-refractivity contribution in [2.45, 2.75) is 58.8 Å². The normalized spacial score (nSPS) is 12.0. The Kier molecular flexibility index (Phi) is 9.99. The molecule has 2 amide bonds. The van der Waals surface area contributed by atoms with Crippen LogP contribution in [-0.2, 0) is 11.3 Å². The third-order valence-corrected chi connectivity index (χ3v) is 7.35. The number of hydrogen-bond acceptors (Lipinski definition) is 5. The van der Waals surface area contributed by atoms with Gasteiger partial charge in [-0.1, -0.05) is 65.3 Å². The smallest absolute Gasteiger partial charge is 0.253 e. The van der Waals surface area contributed by atoms with Gasteiger partial charge in [0.15, 0.2) is 11.0 Å². The predicted molar refractivity (Wildman–Crippen MR) is 150 cm³/mol. The van der Waals surface area contributed by atoms with Gasteiger partial charge in [0.05, 0.1) is 22.4 Å². The summed E-state index contributed by atoms with van der Waals surface area (Å²) in [4.78, 5) is 25.7. The van der Waals surface area contributed by atoms with Crippen LogP contribution in [0.15, 0.2) is 46.0 Å². The van der Waals surface area contributed by atoms with Crippen molar-refractivity contribution < 1.29 is 9.59 Å². The molecule has 36 heavy (non-hydrogen) atoms. The summed E-state index contributed by atoms with van der Waals surface area (Å²) in [6, 6.07) is 10.6. The van der Waals surface area contributed by atoms with Gasteiger partial charge in [-0.05, 0) is 68.5 Å². The minimum atomic E-state index is -0.350. The fourth-order valence-corrected chi connectivity index (χ4v) is 5.67. The van der Waals surface area contributed by atoms with Gasteiger partial charge in [-0.3, -0.25) is 9.59 Å². The Labute approximate surface area is 229 Å². The first-order valence-electron chi connectivity index (χ1n) is 11.8. The molecular formula is C26H31BrClN5O2S. The predicted octanol–water partition coefficient (Wildman–Crippen LogP) is 6.58. The molecule has 10 heteroatoms. The number of thioether (sulfide) groups is 1. The average Bonchev–Trinajstić information content (AvgIpc) is 3.22. The van der Waals surface area contributed by atoms with Crippen molar-refractivity contribution in [1.82, 2.24) is 20.1 Å². The zero-order chi connectivity index (χ0) is 26.4. The summed E-state index contributed by atoms with van der Waals surface area (Å²) in [5.41, 5.74) is 3.22. The Morgan fingerprint density at radius 2 is 1.81 bits per heavy atom. The molecule has 0 aliphatic heterocycles. The highest BCUT2D eigenvalue weighted by molar-refractivity contribution is 9.10. The van der Waals surface area contributed by atoms with Crippen molar-refractivity contribution in [3.8, 4) is 0 Å². The van der Waals surface area contributed by atoms with Gasteiger partial charge in [0.1, 0.15) is 0 Å². The molecular weight excluding hydrogens is 562 g/mol. The SMILES string of the molecule is CCn1c(SCC(=O)Nc2c(C)cc(Br)cc2C)nnc1[C@@H](CC(C)C)NC(=O)c1ccccc1Cl. The van der Waals surface area contributed by atoms with Crippen LogP contribution in [0, 0.1) is 19.8 Å². The Hall–Kier alpha value is -2.36. The van der Waals surface area contributed by atoms with Gasteiger partial charge in [0.2, 0.25) is 5.91 Å². The molecule has 0 bridgehead atoms. The zero-order valence-corrected chi connectivity index (χ0v) is 24.2.